The Morgan fingerprint density at radius 2 is 1.67 bits per heavy atom. The first kappa shape index (κ1) is 34.2. The summed E-state index contributed by atoms with van der Waals surface area (Å²) in [5, 5.41) is 17.9. The monoisotopic (exact) mass is 623 g/mol. The quantitative estimate of drug-likeness (QED) is 0.219. The van der Waals surface area contributed by atoms with Gasteiger partial charge in [-0.15, -0.1) is 0 Å². The largest absolute Gasteiger partial charge is 0.389 e. The zero-order valence-corrected chi connectivity index (χ0v) is 26.3. The summed E-state index contributed by atoms with van der Waals surface area (Å²) in [6.45, 7) is 7.49. The van der Waals surface area contributed by atoms with E-state index in [1.807, 2.05) is 26.8 Å². The number of amides is 2. The number of piperidine rings is 1. The van der Waals surface area contributed by atoms with Crippen LogP contribution in [0.15, 0.2) is 60.7 Å². The molecule has 0 radical (unpaired) electrons. The Kier molecular flexibility index (Phi) is 12.2. The average Bonchev–Trinajstić information content (AvgIpc) is 3.01. The van der Waals surface area contributed by atoms with E-state index >= 15 is 0 Å². The molecule has 1 fully saturated rings. The highest BCUT2D eigenvalue weighted by Crippen LogP contribution is 2.24. The van der Waals surface area contributed by atoms with Crippen molar-refractivity contribution in [1.82, 2.24) is 15.5 Å². The Balaban J connectivity index is 1.48. The molecule has 242 valence electrons. The molecule has 1 aliphatic heterocycles. The van der Waals surface area contributed by atoms with Crippen LogP contribution in [0.5, 0.6) is 0 Å². The van der Waals surface area contributed by atoms with Crippen LogP contribution in [0.25, 0.3) is 0 Å². The maximum absolute atomic E-state index is 14.1. The van der Waals surface area contributed by atoms with Crippen molar-refractivity contribution in [3.8, 4) is 0 Å². The van der Waals surface area contributed by atoms with E-state index in [1.54, 1.807) is 35.2 Å². The fraction of sp³-hybridized carbons (Fsp3) is 0.444. The summed E-state index contributed by atoms with van der Waals surface area (Å²) in [5.41, 5.74) is 2.65. The van der Waals surface area contributed by atoms with Crippen LogP contribution in [0.1, 0.15) is 76.9 Å². The van der Waals surface area contributed by atoms with Crippen LogP contribution in [0.2, 0.25) is 0 Å². The van der Waals surface area contributed by atoms with Crippen LogP contribution in [-0.2, 0) is 12.8 Å². The zero-order chi connectivity index (χ0) is 32.5. The molecule has 0 aromatic heterocycles. The maximum atomic E-state index is 14.1. The minimum Gasteiger partial charge on any atom is -0.389 e. The van der Waals surface area contributed by atoms with Crippen LogP contribution >= 0.6 is 0 Å². The van der Waals surface area contributed by atoms with Gasteiger partial charge in [-0.3, -0.25) is 9.59 Å². The number of hydrogen-bond acceptors (Lipinski definition) is 4. The Hall–Kier alpha value is -3.69. The van der Waals surface area contributed by atoms with Crippen molar-refractivity contribution in [2.75, 3.05) is 19.6 Å². The summed E-state index contributed by atoms with van der Waals surface area (Å²) >= 11 is 0. The van der Waals surface area contributed by atoms with E-state index in [0.717, 1.165) is 42.9 Å². The number of rotatable bonds is 13. The SMILES string of the molecule is CCCN(CC)C(=O)c1cc(C)cc(C(=O)N[C@@H](Cc2cc(F)cc(F)c2)[C@H](O)C2CCC(CCc3cccc(F)c3)CN2)c1. The molecule has 3 aromatic carbocycles. The molecule has 1 saturated heterocycles. The first-order valence-corrected chi connectivity index (χ1v) is 15.9. The average molecular weight is 624 g/mol. The molecule has 3 aromatic rings. The molecule has 4 atom stereocenters. The molecule has 6 nitrogen and oxygen atoms in total. The lowest BCUT2D eigenvalue weighted by atomic mass is 9.85. The lowest BCUT2D eigenvalue weighted by Crippen LogP contribution is -2.56. The van der Waals surface area contributed by atoms with Gasteiger partial charge in [0.05, 0.1) is 12.1 Å². The molecule has 2 amide bonds. The maximum Gasteiger partial charge on any atom is 0.253 e. The topological polar surface area (TPSA) is 81.7 Å². The van der Waals surface area contributed by atoms with Gasteiger partial charge in [0, 0.05) is 36.3 Å². The molecule has 0 spiro atoms. The van der Waals surface area contributed by atoms with Gasteiger partial charge in [-0.2, -0.15) is 0 Å². The van der Waals surface area contributed by atoms with E-state index < -0.39 is 29.7 Å². The van der Waals surface area contributed by atoms with Crippen LogP contribution in [0, 0.1) is 30.3 Å². The summed E-state index contributed by atoms with van der Waals surface area (Å²) < 4.78 is 41.7. The highest BCUT2D eigenvalue weighted by molar-refractivity contribution is 6.00. The molecule has 1 aliphatic rings. The highest BCUT2D eigenvalue weighted by atomic mass is 19.1. The number of carbonyl (C=O) groups is 2. The van der Waals surface area contributed by atoms with Crippen molar-refractivity contribution in [3.63, 3.8) is 0 Å². The van der Waals surface area contributed by atoms with Gasteiger partial charge in [-0.1, -0.05) is 19.1 Å². The van der Waals surface area contributed by atoms with Crippen molar-refractivity contribution in [3.05, 3.63) is 106 Å². The number of aliphatic hydroxyl groups excluding tert-OH is 1. The molecular formula is C36H44F3N3O3. The van der Waals surface area contributed by atoms with Crippen molar-refractivity contribution in [2.45, 2.75) is 77.5 Å². The minimum atomic E-state index is -1.06. The van der Waals surface area contributed by atoms with Gasteiger partial charge < -0.3 is 20.6 Å². The fourth-order valence-electron chi connectivity index (χ4n) is 6.20. The summed E-state index contributed by atoms with van der Waals surface area (Å²) in [4.78, 5) is 28.5. The van der Waals surface area contributed by atoms with Gasteiger partial charge in [0.2, 0.25) is 0 Å². The molecule has 0 bridgehead atoms. The van der Waals surface area contributed by atoms with E-state index in [2.05, 4.69) is 10.6 Å². The van der Waals surface area contributed by atoms with Gasteiger partial charge in [0.15, 0.2) is 0 Å². The Labute approximate surface area is 264 Å². The summed E-state index contributed by atoms with van der Waals surface area (Å²) in [5.74, 6) is -2.05. The second kappa shape index (κ2) is 16.0. The first-order chi connectivity index (χ1) is 21.6. The van der Waals surface area contributed by atoms with E-state index in [1.165, 1.54) is 18.2 Å². The van der Waals surface area contributed by atoms with Crippen molar-refractivity contribution in [2.24, 2.45) is 5.92 Å². The summed E-state index contributed by atoms with van der Waals surface area (Å²) in [6.07, 6.45) is 2.82. The Morgan fingerprint density at radius 3 is 2.31 bits per heavy atom. The second-order valence-electron chi connectivity index (χ2n) is 12.2. The number of aliphatic hydroxyl groups is 1. The number of nitrogens with zero attached hydrogens (tertiary/aromatic N) is 1. The molecule has 4 rings (SSSR count). The number of nitrogens with one attached hydrogen (secondary N) is 2. The van der Waals surface area contributed by atoms with E-state index in [0.29, 0.717) is 43.1 Å². The normalized spacial score (nSPS) is 17.8. The van der Waals surface area contributed by atoms with Crippen LogP contribution in [-0.4, -0.2) is 59.6 Å². The summed E-state index contributed by atoms with van der Waals surface area (Å²) in [7, 11) is 0. The predicted octanol–water partition coefficient (Wildman–Crippen LogP) is 5.99. The van der Waals surface area contributed by atoms with E-state index in [-0.39, 0.29) is 29.8 Å². The Bertz CT molecular complexity index is 1440. The molecule has 45 heavy (non-hydrogen) atoms. The van der Waals surface area contributed by atoms with Gasteiger partial charge in [0.25, 0.3) is 11.8 Å². The first-order valence-electron chi connectivity index (χ1n) is 15.9. The second-order valence-corrected chi connectivity index (χ2v) is 12.2. The molecule has 3 N–H and O–H groups in total. The third-order valence-corrected chi connectivity index (χ3v) is 8.55. The van der Waals surface area contributed by atoms with Crippen molar-refractivity contribution >= 4 is 11.8 Å². The summed E-state index contributed by atoms with van der Waals surface area (Å²) in [6, 6.07) is 13.5. The number of benzene rings is 3. The number of halogens is 3. The van der Waals surface area contributed by atoms with Gasteiger partial charge in [-0.05, 0) is 124 Å². The number of aryl methyl sites for hydroxylation is 2. The molecule has 0 aliphatic carbocycles. The van der Waals surface area contributed by atoms with Gasteiger partial charge in [0.1, 0.15) is 17.5 Å². The molecule has 2 unspecified atom stereocenters. The third kappa shape index (κ3) is 9.65. The van der Waals surface area contributed by atoms with Gasteiger partial charge >= 0.3 is 0 Å². The highest BCUT2D eigenvalue weighted by Gasteiger charge is 2.33. The molecule has 9 heteroatoms. The lowest BCUT2D eigenvalue weighted by molar-refractivity contribution is 0.0595. The molecular weight excluding hydrogens is 579 g/mol. The van der Waals surface area contributed by atoms with Crippen molar-refractivity contribution in [1.29, 1.82) is 0 Å². The standard InChI is InChI=1S/C36H44F3N3O3/c1-4-13-42(5-2)36(45)28-15-23(3)14-27(20-28)35(44)41-33(19-26-17-30(38)21-31(39)18-26)34(43)32-12-11-25(22-40-32)10-9-24-7-6-8-29(37)16-24/h6-8,14-18,20-21,25,32-34,40,43H,4-5,9-13,19,22H2,1-3H3,(H,41,44)/t25?,32?,33-,34+/m0/s1. The number of hydrogen-bond donors (Lipinski definition) is 3. The smallest absolute Gasteiger partial charge is 0.253 e. The minimum absolute atomic E-state index is 0.000479. The van der Waals surface area contributed by atoms with Gasteiger partial charge in [-0.25, -0.2) is 13.2 Å². The van der Waals surface area contributed by atoms with Crippen LogP contribution < -0.4 is 10.6 Å². The van der Waals surface area contributed by atoms with Crippen LogP contribution in [0.3, 0.4) is 0 Å². The third-order valence-electron chi connectivity index (χ3n) is 8.55. The molecule has 1 heterocycles. The van der Waals surface area contributed by atoms with E-state index in [9.17, 15) is 27.9 Å². The van der Waals surface area contributed by atoms with Crippen LogP contribution in [0.4, 0.5) is 13.2 Å². The zero-order valence-electron chi connectivity index (χ0n) is 26.3. The molecule has 0 saturated carbocycles. The predicted molar refractivity (Wildman–Crippen MR) is 170 cm³/mol. The Morgan fingerprint density at radius 1 is 0.956 bits per heavy atom. The van der Waals surface area contributed by atoms with Crippen molar-refractivity contribution < 1.29 is 27.9 Å². The fourth-order valence-corrected chi connectivity index (χ4v) is 6.20. The van der Waals surface area contributed by atoms with E-state index in [4.69, 9.17) is 0 Å². The number of carbonyl (C=O) groups excluding carboxylic acids is 2. The lowest BCUT2D eigenvalue weighted by Gasteiger charge is -2.36.